The smallest absolute Gasteiger partial charge is 0.423 e. The zero-order valence-electron chi connectivity index (χ0n) is 38.4. The molecule has 0 aliphatic carbocycles. The molecule has 0 saturated carbocycles. The Kier molecular flexibility index (Phi) is 19.6. The lowest BCUT2D eigenvalue weighted by Crippen LogP contribution is -2.31. The number of H-pyrrole nitrogens is 1. The van der Waals surface area contributed by atoms with E-state index in [2.05, 4.69) is 111 Å². The summed E-state index contributed by atoms with van der Waals surface area (Å²) in [6.07, 6.45) is 0. The molecule has 8 rings (SSSR count). The number of rotatable bonds is 4. The van der Waals surface area contributed by atoms with E-state index in [-0.39, 0.29) is 30.9 Å². The average Bonchev–Trinajstić information content (AvgIpc) is 3.88. The number of nitrogens with one attached hydrogen (secondary N) is 1. The summed E-state index contributed by atoms with van der Waals surface area (Å²) in [7, 11) is -1.56. The van der Waals surface area contributed by atoms with Crippen molar-refractivity contribution in [3.8, 4) is 23.4 Å². The van der Waals surface area contributed by atoms with Crippen LogP contribution in [0.25, 0.3) is 42.3 Å². The summed E-state index contributed by atoms with van der Waals surface area (Å²) in [5, 5.41) is 36.1. The van der Waals surface area contributed by atoms with Gasteiger partial charge in [-0.15, -0.1) is 0 Å². The van der Waals surface area contributed by atoms with E-state index in [0.29, 0.717) is 54.4 Å². The molecule has 0 spiro atoms. The van der Waals surface area contributed by atoms with Gasteiger partial charge in [0.1, 0.15) is 24.8 Å². The minimum atomic E-state index is -1.56. The third-order valence-electron chi connectivity index (χ3n) is 8.64. The number of pyridine rings is 3. The lowest BCUT2D eigenvalue weighted by molar-refractivity contribution is 0.346. The van der Waals surface area contributed by atoms with Gasteiger partial charge in [-0.2, -0.15) is 10.5 Å². The van der Waals surface area contributed by atoms with E-state index < -0.39 is 7.12 Å². The molecule has 0 unspecified atom stereocenters. The lowest BCUT2D eigenvalue weighted by Gasteiger charge is -2.18. The van der Waals surface area contributed by atoms with E-state index in [4.69, 9.17) is 38.5 Å². The van der Waals surface area contributed by atoms with Crippen LogP contribution in [0.2, 0.25) is 10.3 Å². The Morgan fingerprint density at radius 3 is 1.60 bits per heavy atom. The van der Waals surface area contributed by atoms with Crippen molar-refractivity contribution in [2.75, 3.05) is 4.43 Å². The van der Waals surface area contributed by atoms with Crippen LogP contribution in [0.1, 0.15) is 73.4 Å². The highest BCUT2D eigenvalue weighted by Gasteiger charge is 2.19. The molecule has 6 aromatic heterocycles. The Morgan fingerprint density at radius 2 is 1.10 bits per heavy atom. The molecule has 0 radical (unpaired) electrons. The Morgan fingerprint density at radius 1 is 0.642 bits per heavy atom. The van der Waals surface area contributed by atoms with Crippen LogP contribution in [-0.2, 0) is 13.1 Å². The number of hydrogen-bond acceptors (Lipinski definition) is 13. The van der Waals surface area contributed by atoms with E-state index in [1.165, 1.54) is 16.6 Å². The topological polar surface area (TPSA) is 204 Å². The second-order valence-corrected chi connectivity index (χ2v) is 22.8. The van der Waals surface area contributed by atoms with E-state index in [1.807, 2.05) is 42.5 Å². The molecule has 13 nitrogen and oxygen atoms in total. The maximum Gasteiger partial charge on any atom is 0.489 e. The van der Waals surface area contributed by atoms with Crippen LogP contribution in [0.5, 0.6) is 0 Å². The van der Waals surface area contributed by atoms with Gasteiger partial charge in [0.2, 0.25) is 0 Å². The number of nitrogens with zero attached hydrogens (tertiary/aromatic N) is 7. The fourth-order valence-corrected chi connectivity index (χ4v) is 8.55. The summed E-state index contributed by atoms with van der Waals surface area (Å²) in [6.45, 7) is 20.7. The number of hydrogen-bond donors (Lipinski definition) is 3. The Balaban J connectivity index is 0.000000195. The molecule has 350 valence electrons. The molecular formula is C47H50BCl2IN8O5S3. The number of thiazole rings is 3. The van der Waals surface area contributed by atoms with Crippen molar-refractivity contribution in [2.45, 2.75) is 75.4 Å². The predicted octanol–water partition coefficient (Wildman–Crippen LogP) is 10.5. The summed E-state index contributed by atoms with van der Waals surface area (Å²) < 4.78 is 4.79. The second-order valence-electron chi connectivity index (χ2n) is 18.4. The van der Waals surface area contributed by atoms with Crippen molar-refractivity contribution >= 4 is 123 Å². The zero-order valence-corrected chi connectivity index (χ0v) is 44.5. The first-order chi connectivity index (χ1) is 31.3. The number of aromatic amines is 1. The molecule has 0 aliphatic heterocycles. The average molecular weight is 1110 g/mol. The Bertz CT molecular complexity index is 3220. The number of aromatic nitrogens is 6. The first-order valence-corrected chi connectivity index (χ1v) is 25.3. The third kappa shape index (κ3) is 16.8. The van der Waals surface area contributed by atoms with Crippen LogP contribution in [-0.4, -0.2) is 50.7 Å². The van der Waals surface area contributed by atoms with Crippen LogP contribution in [0, 0.1) is 38.9 Å². The summed E-state index contributed by atoms with van der Waals surface area (Å²) in [6, 6.07) is 28.5. The highest BCUT2D eigenvalue weighted by atomic mass is 127. The molecule has 0 aliphatic rings. The van der Waals surface area contributed by atoms with Crippen LogP contribution < -0.4 is 20.1 Å². The van der Waals surface area contributed by atoms with Crippen molar-refractivity contribution < 1.29 is 10.0 Å². The lowest BCUT2D eigenvalue weighted by atomic mass is 9.77. The molecule has 3 N–H and O–H groups in total. The molecular weight excluding hydrogens is 1060 g/mol. The standard InChI is InChI=1S/C18H17N3OS.C11H13ClN2OS.C7H6BNO2.C6H3ClN2OS.C5H11I/c1-18(2,3)11-21-15-9-8-14(20-16(15)23-17(21)22)13-7-5-4-6-12(13)10-19;1-11(2,3)6-14-7-4-5-8(12)13-9(7)16-10(14)15;9-5-6-3-1-2-4-7(6)8(10)11;7-4-2-1-3-5(9-4)11-6(10)8-3;1-5(2,3)4-6/h4-9H,11H2,1-3H3;4-5H,6H2,1-3H3;1-4,10-11H;1-2H,(H,8,10);4H2,1-3H3. The first kappa shape index (κ1) is 54.8. The number of benzene rings is 2. The van der Waals surface area contributed by atoms with Crippen molar-refractivity contribution in [1.29, 1.82) is 10.5 Å². The van der Waals surface area contributed by atoms with E-state index >= 15 is 0 Å². The highest BCUT2D eigenvalue weighted by molar-refractivity contribution is 14.1. The van der Waals surface area contributed by atoms with Crippen molar-refractivity contribution in [3.63, 3.8) is 0 Å². The molecule has 0 fully saturated rings. The van der Waals surface area contributed by atoms with Crippen LogP contribution >= 0.6 is 79.8 Å². The normalized spacial score (nSPS) is 11.2. The van der Waals surface area contributed by atoms with Gasteiger partial charge in [0.15, 0.2) is 0 Å². The van der Waals surface area contributed by atoms with Gasteiger partial charge in [0, 0.05) is 23.1 Å². The highest BCUT2D eigenvalue weighted by Crippen LogP contribution is 2.27. The van der Waals surface area contributed by atoms with Gasteiger partial charge in [0.25, 0.3) is 0 Å². The SMILES string of the molecule is CC(C)(C)CI.CC(C)(C)Cn1c(=O)sc2nc(-c3ccccc3C#N)ccc21.CC(C)(C)Cn1c(=O)sc2nc(Cl)ccc21.N#Cc1ccccc1B(O)O.O=c1[nH]c2ccc(Cl)nc2s1. The number of fused-ring (bicyclic) bond motifs is 3. The van der Waals surface area contributed by atoms with E-state index in [9.17, 15) is 19.6 Å². The summed E-state index contributed by atoms with van der Waals surface area (Å²) in [5.41, 5.74) is 5.71. The third-order valence-corrected chi connectivity index (χ3v) is 13.9. The second kappa shape index (κ2) is 24.0. The fraction of sp³-hybridized carbons (Fsp3) is 0.319. The quantitative estimate of drug-likeness (QED) is 0.0658. The van der Waals surface area contributed by atoms with Gasteiger partial charge < -0.3 is 15.0 Å². The molecule has 67 heavy (non-hydrogen) atoms. The van der Waals surface area contributed by atoms with Crippen LogP contribution in [0.3, 0.4) is 0 Å². The molecule has 0 bridgehead atoms. The fourth-order valence-electron chi connectivity index (χ4n) is 5.72. The number of nitriles is 2. The van der Waals surface area contributed by atoms with Gasteiger partial charge in [-0.3, -0.25) is 23.5 Å². The number of halogens is 3. The van der Waals surface area contributed by atoms with Gasteiger partial charge >= 0.3 is 21.7 Å². The molecule has 6 heterocycles. The molecule has 20 heteroatoms. The maximum absolute atomic E-state index is 12.3. The van der Waals surface area contributed by atoms with E-state index in [1.54, 1.807) is 45.5 Å². The van der Waals surface area contributed by atoms with Gasteiger partial charge in [-0.05, 0) is 70.2 Å². The minimum absolute atomic E-state index is 0.00754. The zero-order chi connectivity index (χ0) is 49.9. The first-order valence-electron chi connectivity index (χ1n) is 20.6. The molecule has 0 atom stereocenters. The maximum atomic E-state index is 12.3. The molecule has 0 saturated heterocycles. The van der Waals surface area contributed by atoms with Gasteiger partial charge in [0.05, 0.1) is 45.5 Å². The molecule has 8 aromatic rings. The van der Waals surface area contributed by atoms with Crippen molar-refractivity contribution in [1.82, 2.24) is 29.1 Å². The predicted molar refractivity (Wildman–Crippen MR) is 286 cm³/mol. The Labute approximate surface area is 424 Å². The van der Waals surface area contributed by atoms with Gasteiger partial charge in [-0.25, -0.2) is 15.0 Å². The summed E-state index contributed by atoms with van der Waals surface area (Å²) in [5.74, 6) is 0. The monoisotopic (exact) mass is 1110 g/mol. The van der Waals surface area contributed by atoms with Gasteiger partial charge in [-0.1, -0.05) is 179 Å². The van der Waals surface area contributed by atoms with E-state index in [0.717, 1.165) is 61.8 Å². The Hall–Kier alpha value is -4.77. The summed E-state index contributed by atoms with van der Waals surface area (Å²) in [4.78, 5) is 52.2. The summed E-state index contributed by atoms with van der Waals surface area (Å²) >= 11 is 17.2. The van der Waals surface area contributed by atoms with Crippen molar-refractivity contribution in [3.05, 3.63) is 135 Å². The van der Waals surface area contributed by atoms with Crippen LogP contribution in [0.15, 0.2) is 99.3 Å². The molecule has 0 amide bonds. The number of alkyl halides is 1. The molecule has 2 aromatic carbocycles. The minimum Gasteiger partial charge on any atom is -0.423 e. The largest absolute Gasteiger partial charge is 0.489 e. The van der Waals surface area contributed by atoms with Crippen molar-refractivity contribution in [2.24, 2.45) is 16.2 Å². The van der Waals surface area contributed by atoms with Crippen LogP contribution in [0.4, 0.5) is 0 Å².